The van der Waals surface area contributed by atoms with Gasteiger partial charge < -0.3 is 5.43 Å². The first kappa shape index (κ1) is 11.1. The zero-order chi connectivity index (χ0) is 12.3. The van der Waals surface area contributed by atoms with Gasteiger partial charge in [-0.1, -0.05) is 0 Å². The zero-order valence-electron chi connectivity index (χ0n) is 8.88. The minimum absolute atomic E-state index is 0.340. The van der Waals surface area contributed by atoms with Crippen molar-refractivity contribution in [1.29, 1.82) is 0 Å². The van der Waals surface area contributed by atoms with Crippen LogP contribution in [0.25, 0.3) is 0 Å². The molecule has 0 unspecified atom stereocenters. The van der Waals surface area contributed by atoms with Crippen molar-refractivity contribution in [3.05, 3.63) is 57.0 Å². The summed E-state index contributed by atoms with van der Waals surface area (Å²) in [6, 6.07) is 4.78. The molecule has 7 nitrogen and oxygen atoms in total. The van der Waals surface area contributed by atoms with Crippen molar-refractivity contribution < 1.29 is 0 Å². The number of aromatic nitrogens is 3. The lowest BCUT2D eigenvalue weighted by Crippen LogP contribution is -2.28. The Morgan fingerprint density at radius 2 is 2.24 bits per heavy atom. The minimum atomic E-state index is -0.448. The van der Waals surface area contributed by atoms with Crippen LogP contribution in [0, 0.1) is 0 Å². The Balaban J connectivity index is 2.31. The summed E-state index contributed by atoms with van der Waals surface area (Å²) in [4.78, 5) is 28.5. The molecule has 0 aliphatic heterocycles. The van der Waals surface area contributed by atoms with Gasteiger partial charge in [-0.15, -0.1) is 0 Å². The Morgan fingerprint density at radius 1 is 1.41 bits per heavy atom. The van der Waals surface area contributed by atoms with Crippen LogP contribution in [0.1, 0.15) is 5.56 Å². The minimum Gasteiger partial charge on any atom is -0.308 e. The number of hydrogen-bond acceptors (Lipinski definition) is 5. The fraction of sp³-hybridized carbons (Fsp3) is 0.100. The lowest BCUT2D eigenvalue weighted by atomic mass is 10.2. The van der Waals surface area contributed by atoms with Crippen LogP contribution in [-0.2, 0) is 6.54 Å². The van der Waals surface area contributed by atoms with Gasteiger partial charge in [0.1, 0.15) is 5.82 Å². The molecule has 0 saturated heterocycles. The topological polar surface area (TPSA) is 106 Å². The van der Waals surface area contributed by atoms with E-state index in [2.05, 4.69) is 15.4 Å². The number of hydrazine groups is 1. The van der Waals surface area contributed by atoms with Crippen LogP contribution in [0.4, 0.5) is 5.82 Å². The SMILES string of the molecule is NNc1cc(Cn2ccc(=O)[nH]c2=O)ccn1. The number of anilines is 1. The monoisotopic (exact) mass is 233 g/mol. The fourth-order valence-corrected chi connectivity index (χ4v) is 1.42. The summed E-state index contributed by atoms with van der Waals surface area (Å²) in [5.41, 5.74) is 2.41. The molecule has 4 N–H and O–H groups in total. The molecule has 0 fully saturated rings. The van der Waals surface area contributed by atoms with E-state index < -0.39 is 11.2 Å². The van der Waals surface area contributed by atoms with Crippen LogP contribution < -0.4 is 22.5 Å². The number of nitrogen functional groups attached to an aromatic ring is 1. The molecule has 0 radical (unpaired) electrons. The van der Waals surface area contributed by atoms with E-state index in [9.17, 15) is 9.59 Å². The number of pyridine rings is 1. The number of nitrogens with one attached hydrogen (secondary N) is 2. The van der Waals surface area contributed by atoms with Crippen molar-refractivity contribution in [2.24, 2.45) is 5.84 Å². The summed E-state index contributed by atoms with van der Waals surface area (Å²) in [6.45, 7) is 0.340. The number of nitrogens with zero attached hydrogens (tertiary/aromatic N) is 2. The largest absolute Gasteiger partial charge is 0.328 e. The van der Waals surface area contributed by atoms with Gasteiger partial charge in [-0.05, 0) is 17.7 Å². The van der Waals surface area contributed by atoms with Crippen LogP contribution in [-0.4, -0.2) is 14.5 Å². The smallest absolute Gasteiger partial charge is 0.308 e. The van der Waals surface area contributed by atoms with Crippen molar-refractivity contribution >= 4 is 5.82 Å². The standard InChI is InChI=1S/C10H11N5O2/c11-14-8-5-7(1-3-12-8)6-15-4-2-9(16)13-10(15)17/h1-5H,6,11H2,(H,12,14)(H,13,16,17). The average Bonchev–Trinajstić information content (AvgIpc) is 2.33. The average molecular weight is 233 g/mol. The number of aromatic amines is 1. The van der Waals surface area contributed by atoms with Crippen molar-refractivity contribution in [2.45, 2.75) is 6.54 Å². The molecule has 0 aromatic carbocycles. The zero-order valence-corrected chi connectivity index (χ0v) is 8.88. The number of rotatable bonds is 3. The van der Waals surface area contributed by atoms with Crippen molar-refractivity contribution in [1.82, 2.24) is 14.5 Å². The molecular weight excluding hydrogens is 222 g/mol. The second-order valence-corrected chi connectivity index (χ2v) is 3.43. The maximum atomic E-state index is 11.5. The normalized spacial score (nSPS) is 10.2. The molecule has 0 bridgehead atoms. The van der Waals surface area contributed by atoms with E-state index in [0.29, 0.717) is 12.4 Å². The highest BCUT2D eigenvalue weighted by atomic mass is 16.2. The molecule has 0 amide bonds. The summed E-state index contributed by atoms with van der Waals surface area (Å²) in [6.07, 6.45) is 3.03. The summed E-state index contributed by atoms with van der Waals surface area (Å²) in [5.74, 6) is 5.75. The maximum Gasteiger partial charge on any atom is 0.328 e. The quantitative estimate of drug-likeness (QED) is 0.478. The van der Waals surface area contributed by atoms with Gasteiger partial charge in [0.05, 0.1) is 6.54 Å². The van der Waals surface area contributed by atoms with E-state index in [1.165, 1.54) is 16.8 Å². The second kappa shape index (κ2) is 4.62. The lowest BCUT2D eigenvalue weighted by molar-refractivity contribution is 0.720. The Labute approximate surface area is 95.9 Å². The predicted octanol–water partition coefficient (Wildman–Crippen LogP) is -0.734. The van der Waals surface area contributed by atoms with E-state index >= 15 is 0 Å². The highest BCUT2D eigenvalue weighted by Crippen LogP contribution is 2.05. The first-order valence-electron chi connectivity index (χ1n) is 4.90. The third-order valence-electron chi connectivity index (χ3n) is 2.22. The molecule has 0 atom stereocenters. The lowest BCUT2D eigenvalue weighted by Gasteiger charge is -2.05. The molecule has 88 valence electrons. The second-order valence-electron chi connectivity index (χ2n) is 3.43. The van der Waals surface area contributed by atoms with E-state index in [0.717, 1.165) is 5.56 Å². The van der Waals surface area contributed by atoms with Gasteiger partial charge >= 0.3 is 5.69 Å². The Kier molecular flexibility index (Phi) is 3.01. The van der Waals surface area contributed by atoms with Gasteiger partial charge in [-0.2, -0.15) is 0 Å². The molecular formula is C10H11N5O2. The first-order chi connectivity index (χ1) is 8.19. The van der Waals surface area contributed by atoms with Gasteiger partial charge in [0.15, 0.2) is 0 Å². The molecule has 17 heavy (non-hydrogen) atoms. The van der Waals surface area contributed by atoms with Crippen molar-refractivity contribution in [2.75, 3.05) is 5.43 Å². The van der Waals surface area contributed by atoms with E-state index in [1.54, 1.807) is 18.3 Å². The molecule has 2 aromatic heterocycles. The van der Waals surface area contributed by atoms with Gasteiger partial charge in [0, 0.05) is 18.5 Å². The summed E-state index contributed by atoms with van der Waals surface area (Å²) >= 11 is 0. The van der Waals surface area contributed by atoms with Gasteiger partial charge in [-0.25, -0.2) is 15.6 Å². The first-order valence-corrected chi connectivity index (χ1v) is 4.90. The van der Waals surface area contributed by atoms with Crippen LogP contribution in [0.2, 0.25) is 0 Å². The number of nitrogens with two attached hydrogens (primary N) is 1. The molecule has 2 aromatic rings. The van der Waals surface area contributed by atoms with Crippen molar-refractivity contribution in [3.63, 3.8) is 0 Å². The third kappa shape index (κ3) is 2.58. The molecule has 2 heterocycles. The molecule has 0 aliphatic rings. The highest BCUT2D eigenvalue weighted by molar-refractivity contribution is 5.35. The van der Waals surface area contributed by atoms with Crippen LogP contribution in [0.3, 0.4) is 0 Å². The molecule has 0 aliphatic carbocycles. The van der Waals surface area contributed by atoms with Gasteiger partial charge in [-0.3, -0.25) is 14.3 Å². The molecule has 2 rings (SSSR count). The number of hydrogen-bond donors (Lipinski definition) is 3. The van der Waals surface area contributed by atoms with Crippen LogP contribution in [0.15, 0.2) is 40.2 Å². The number of H-pyrrole nitrogens is 1. The Morgan fingerprint density at radius 3 is 2.94 bits per heavy atom. The molecule has 7 heteroatoms. The predicted molar refractivity (Wildman–Crippen MR) is 62.5 cm³/mol. The maximum absolute atomic E-state index is 11.5. The third-order valence-corrected chi connectivity index (χ3v) is 2.22. The highest BCUT2D eigenvalue weighted by Gasteiger charge is 2.00. The van der Waals surface area contributed by atoms with Crippen molar-refractivity contribution in [3.8, 4) is 0 Å². The summed E-state index contributed by atoms with van der Waals surface area (Å²) in [7, 11) is 0. The fourth-order valence-electron chi connectivity index (χ4n) is 1.42. The van der Waals surface area contributed by atoms with E-state index in [4.69, 9.17) is 5.84 Å². The summed E-state index contributed by atoms with van der Waals surface area (Å²) < 4.78 is 1.39. The van der Waals surface area contributed by atoms with Gasteiger partial charge in [0.25, 0.3) is 5.56 Å². The summed E-state index contributed by atoms with van der Waals surface area (Å²) in [5, 5.41) is 0. The van der Waals surface area contributed by atoms with E-state index in [1.807, 2.05) is 0 Å². The van der Waals surface area contributed by atoms with Crippen LogP contribution in [0.5, 0.6) is 0 Å². The van der Waals surface area contributed by atoms with Gasteiger partial charge in [0.2, 0.25) is 0 Å². The van der Waals surface area contributed by atoms with E-state index in [-0.39, 0.29) is 0 Å². The molecule has 0 spiro atoms. The van der Waals surface area contributed by atoms with Crippen LogP contribution >= 0.6 is 0 Å². The molecule has 0 saturated carbocycles. The Bertz CT molecular complexity index is 631. The Hall–Kier alpha value is -2.41.